The average molecular weight is 346 g/mol. The molecule has 0 atom stereocenters. The molecule has 0 fully saturated rings. The Morgan fingerprint density at radius 3 is 2.26 bits per heavy atom. The first-order valence-electron chi connectivity index (χ1n) is 5.00. The molecule has 1 heterocycles. The van der Waals surface area contributed by atoms with E-state index in [1.807, 2.05) is 0 Å². The highest BCUT2D eigenvalue weighted by Crippen LogP contribution is 2.21. The van der Waals surface area contributed by atoms with Crippen molar-refractivity contribution in [1.82, 2.24) is 0 Å². The Morgan fingerprint density at radius 1 is 1.16 bits per heavy atom. The summed E-state index contributed by atoms with van der Waals surface area (Å²) < 4.78 is 31.3. The first kappa shape index (κ1) is 13.6. The van der Waals surface area contributed by atoms with E-state index < -0.39 is 16.0 Å². The molecule has 0 bridgehead atoms. The molecule has 2 aromatic rings. The van der Waals surface area contributed by atoms with E-state index in [-0.39, 0.29) is 16.3 Å². The fourth-order valence-corrected chi connectivity index (χ4v) is 2.74. The molecule has 0 aliphatic heterocycles. The highest BCUT2D eigenvalue weighted by Gasteiger charge is 2.18. The Labute approximate surface area is 117 Å². The van der Waals surface area contributed by atoms with Gasteiger partial charge in [0.1, 0.15) is 0 Å². The largest absolute Gasteiger partial charge is 0.478 e. The fraction of sp³-hybridized carbons (Fsp3) is 0. The number of hydrogen-bond acceptors (Lipinski definition) is 4. The van der Waals surface area contributed by atoms with Gasteiger partial charge in [0.25, 0.3) is 10.0 Å². The van der Waals surface area contributed by atoms with Crippen LogP contribution in [0.3, 0.4) is 0 Å². The molecule has 0 radical (unpaired) electrons. The first-order chi connectivity index (χ1) is 8.88. The summed E-state index contributed by atoms with van der Waals surface area (Å²) in [4.78, 5) is 10.7. The van der Waals surface area contributed by atoms with E-state index in [9.17, 15) is 13.2 Å². The van der Waals surface area contributed by atoms with E-state index in [0.717, 1.165) is 0 Å². The molecule has 0 aliphatic rings. The number of anilines is 1. The zero-order valence-electron chi connectivity index (χ0n) is 9.33. The lowest BCUT2D eigenvalue weighted by molar-refractivity contribution is 0.0697. The summed E-state index contributed by atoms with van der Waals surface area (Å²) in [6.45, 7) is 0. The van der Waals surface area contributed by atoms with Crippen LogP contribution in [0, 0.1) is 0 Å². The minimum Gasteiger partial charge on any atom is -0.478 e. The monoisotopic (exact) mass is 345 g/mol. The van der Waals surface area contributed by atoms with Crippen LogP contribution in [0.1, 0.15) is 10.4 Å². The minimum atomic E-state index is -3.82. The molecule has 0 unspecified atom stereocenters. The molecule has 0 saturated carbocycles. The zero-order valence-corrected chi connectivity index (χ0v) is 11.7. The van der Waals surface area contributed by atoms with Gasteiger partial charge in [0.15, 0.2) is 4.67 Å². The van der Waals surface area contributed by atoms with Crippen molar-refractivity contribution >= 4 is 37.6 Å². The van der Waals surface area contributed by atoms with E-state index >= 15 is 0 Å². The molecule has 6 nitrogen and oxygen atoms in total. The molecular formula is C11H8BrNO5S. The van der Waals surface area contributed by atoms with Crippen molar-refractivity contribution in [2.24, 2.45) is 0 Å². The van der Waals surface area contributed by atoms with Crippen LogP contribution >= 0.6 is 15.9 Å². The lowest BCUT2D eigenvalue weighted by Crippen LogP contribution is -2.12. The van der Waals surface area contributed by atoms with Crippen molar-refractivity contribution in [3.05, 3.63) is 46.6 Å². The SMILES string of the molecule is O=C(O)c1ccc(NS(=O)(=O)c2ccc(Br)o2)cc1. The molecule has 2 N–H and O–H groups in total. The van der Waals surface area contributed by atoms with Crippen molar-refractivity contribution in [1.29, 1.82) is 0 Å². The highest BCUT2D eigenvalue weighted by molar-refractivity contribution is 9.10. The van der Waals surface area contributed by atoms with Crippen LogP contribution in [0.25, 0.3) is 0 Å². The third-order valence-corrected chi connectivity index (χ3v) is 3.88. The van der Waals surface area contributed by atoms with Crippen LogP contribution in [0.2, 0.25) is 0 Å². The Balaban J connectivity index is 2.23. The van der Waals surface area contributed by atoms with Gasteiger partial charge in [-0.05, 0) is 52.3 Å². The maximum atomic E-state index is 11.9. The van der Waals surface area contributed by atoms with Crippen molar-refractivity contribution in [3.63, 3.8) is 0 Å². The van der Waals surface area contributed by atoms with E-state index in [0.29, 0.717) is 4.67 Å². The smallest absolute Gasteiger partial charge is 0.335 e. The Hall–Kier alpha value is -1.80. The zero-order chi connectivity index (χ0) is 14.0. The molecule has 1 aromatic heterocycles. The Kier molecular flexibility index (Phi) is 3.63. The van der Waals surface area contributed by atoms with Gasteiger partial charge in [-0.3, -0.25) is 4.72 Å². The van der Waals surface area contributed by atoms with Crippen LogP contribution in [0.5, 0.6) is 0 Å². The topological polar surface area (TPSA) is 96.6 Å². The average Bonchev–Trinajstić information content (AvgIpc) is 2.77. The molecule has 0 spiro atoms. The van der Waals surface area contributed by atoms with Gasteiger partial charge < -0.3 is 9.52 Å². The first-order valence-corrected chi connectivity index (χ1v) is 7.27. The van der Waals surface area contributed by atoms with Gasteiger partial charge in [-0.2, -0.15) is 8.42 Å². The quantitative estimate of drug-likeness (QED) is 0.887. The normalized spacial score (nSPS) is 11.2. The summed E-state index contributed by atoms with van der Waals surface area (Å²) in [6, 6.07) is 8.09. The molecule has 1 aromatic carbocycles. The molecule has 0 aliphatic carbocycles. The number of nitrogens with one attached hydrogen (secondary N) is 1. The van der Waals surface area contributed by atoms with Gasteiger partial charge in [-0.1, -0.05) is 0 Å². The van der Waals surface area contributed by atoms with Gasteiger partial charge in [0.2, 0.25) is 5.09 Å². The number of hydrogen-bond donors (Lipinski definition) is 2. The molecule has 19 heavy (non-hydrogen) atoms. The molecule has 8 heteroatoms. The standard InChI is InChI=1S/C11H8BrNO5S/c12-9-5-6-10(18-9)19(16,17)13-8-3-1-7(2-4-8)11(14)15/h1-6,13H,(H,14,15). The van der Waals surface area contributed by atoms with Crippen molar-refractivity contribution < 1.29 is 22.7 Å². The maximum absolute atomic E-state index is 11.9. The number of carbonyl (C=O) groups is 1. The number of aromatic carboxylic acids is 1. The van der Waals surface area contributed by atoms with Crippen molar-refractivity contribution in [2.75, 3.05) is 4.72 Å². The third-order valence-electron chi connectivity index (χ3n) is 2.20. The van der Waals surface area contributed by atoms with Crippen LogP contribution < -0.4 is 4.72 Å². The van der Waals surface area contributed by atoms with Crippen LogP contribution in [-0.2, 0) is 10.0 Å². The number of carboxylic acids is 1. The summed E-state index contributed by atoms with van der Waals surface area (Å²) in [5, 5.41) is 8.50. The minimum absolute atomic E-state index is 0.0729. The van der Waals surface area contributed by atoms with Gasteiger partial charge in [0.05, 0.1) is 5.56 Å². The predicted octanol–water partition coefficient (Wildman–Crippen LogP) is 2.54. The number of furan rings is 1. The maximum Gasteiger partial charge on any atom is 0.335 e. The fourth-order valence-electron chi connectivity index (χ4n) is 1.33. The molecular weight excluding hydrogens is 338 g/mol. The van der Waals surface area contributed by atoms with Crippen LogP contribution in [0.4, 0.5) is 5.69 Å². The summed E-state index contributed by atoms with van der Waals surface area (Å²) >= 11 is 3.01. The van der Waals surface area contributed by atoms with E-state index in [4.69, 9.17) is 9.52 Å². The van der Waals surface area contributed by atoms with Crippen LogP contribution in [0.15, 0.2) is 50.6 Å². The van der Waals surface area contributed by atoms with E-state index in [1.54, 1.807) is 0 Å². The van der Waals surface area contributed by atoms with E-state index in [1.165, 1.54) is 36.4 Å². The van der Waals surface area contributed by atoms with Crippen molar-refractivity contribution in [3.8, 4) is 0 Å². The van der Waals surface area contributed by atoms with Gasteiger partial charge >= 0.3 is 5.97 Å². The highest BCUT2D eigenvalue weighted by atomic mass is 79.9. The number of carboxylic acid groups (broad SMARTS) is 1. The number of rotatable bonds is 4. The molecule has 0 saturated heterocycles. The van der Waals surface area contributed by atoms with Crippen molar-refractivity contribution in [2.45, 2.75) is 5.09 Å². The summed E-state index contributed by atoms with van der Waals surface area (Å²) in [5.74, 6) is -1.08. The van der Waals surface area contributed by atoms with E-state index in [2.05, 4.69) is 20.7 Å². The summed E-state index contributed by atoms with van der Waals surface area (Å²) in [5.41, 5.74) is 0.321. The predicted molar refractivity (Wildman–Crippen MR) is 70.6 cm³/mol. The Morgan fingerprint density at radius 2 is 1.79 bits per heavy atom. The third kappa shape index (κ3) is 3.15. The molecule has 100 valence electrons. The molecule has 0 amide bonds. The van der Waals surface area contributed by atoms with Gasteiger partial charge in [-0.15, -0.1) is 0 Å². The van der Waals surface area contributed by atoms with Crippen LogP contribution in [-0.4, -0.2) is 19.5 Å². The summed E-state index contributed by atoms with van der Waals surface area (Å²) in [6.07, 6.45) is 0. The summed E-state index contributed by atoms with van der Waals surface area (Å²) in [7, 11) is -3.82. The lowest BCUT2D eigenvalue weighted by atomic mass is 10.2. The second-order valence-corrected chi connectivity index (χ2v) is 5.94. The van der Waals surface area contributed by atoms with Gasteiger partial charge in [-0.25, -0.2) is 4.79 Å². The number of halogens is 1. The Bertz CT molecular complexity index is 705. The second kappa shape index (κ2) is 5.06. The van der Waals surface area contributed by atoms with Gasteiger partial charge in [0, 0.05) is 5.69 Å². The second-order valence-electron chi connectivity index (χ2n) is 3.55. The number of sulfonamides is 1. The lowest BCUT2D eigenvalue weighted by Gasteiger charge is -2.05. The molecule has 2 rings (SSSR count). The number of benzene rings is 1.